The van der Waals surface area contributed by atoms with E-state index in [0.717, 1.165) is 25.0 Å². The van der Waals surface area contributed by atoms with Gasteiger partial charge in [-0.3, -0.25) is 0 Å². The van der Waals surface area contributed by atoms with Gasteiger partial charge in [-0.1, -0.05) is 0 Å². The second-order valence-electron chi connectivity index (χ2n) is 5.01. The van der Waals surface area contributed by atoms with Crippen molar-refractivity contribution in [3.63, 3.8) is 0 Å². The molecule has 7 heteroatoms. The normalized spacial score (nSPS) is 21.0. The fourth-order valence-electron chi connectivity index (χ4n) is 2.49. The maximum absolute atomic E-state index is 13.3. The summed E-state index contributed by atoms with van der Waals surface area (Å²) in [5.41, 5.74) is 5.75. The maximum Gasteiger partial charge on any atom is 0.245 e. The first-order valence-electron chi connectivity index (χ1n) is 6.49. The van der Waals surface area contributed by atoms with Crippen LogP contribution in [-0.4, -0.2) is 39.5 Å². The number of nitrogens with zero attached hydrogens (tertiary/aromatic N) is 1. The summed E-state index contributed by atoms with van der Waals surface area (Å²) in [5, 5.41) is 0. The highest BCUT2D eigenvalue weighted by atomic mass is 32.2. The Labute approximate surface area is 118 Å². The third-order valence-corrected chi connectivity index (χ3v) is 5.40. The average molecular weight is 302 g/mol. The van der Waals surface area contributed by atoms with E-state index in [0.29, 0.717) is 19.7 Å². The summed E-state index contributed by atoms with van der Waals surface area (Å²) >= 11 is 0. The van der Waals surface area contributed by atoms with Crippen LogP contribution in [0.15, 0.2) is 23.1 Å². The lowest BCUT2D eigenvalue weighted by Gasteiger charge is -2.31. The molecule has 0 aliphatic carbocycles. The highest BCUT2D eigenvalue weighted by Crippen LogP contribution is 2.27. The van der Waals surface area contributed by atoms with Crippen molar-refractivity contribution in [2.75, 3.05) is 32.5 Å². The lowest BCUT2D eigenvalue weighted by atomic mass is 10.0. The molecule has 0 amide bonds. The van der Waals surface area contributed by atoms with Gasteiger partial charge in [0.1, 0.15) is 10.7 Å². The van der Waals surface area contributed by atoms with Gasteiger partial charge in [-0.2, -0.15) is 4.31 Å². The van der Waals surface area contributed by atoms with E-state index < -0.39 is 15.8 Å². The number of anilines is 1. The van der Waals surface area contributed by atoms with Crippen LogP contribution in [0.4, 0.5) is 10.1 Å². The molecule has 5 nitrogen and oxygen atoms in total. The zero-order chi connectivity index (χ0) is 14.8. The van der Waals surface area contributed by atoms with Gasteiger partial charge in [0.25, 0.3) is 0 Å². The first kappa shape index (κ1) is 15.2. The summed E-state index contributed by atoms with van der Waals surface area (Å²) in [7, 11) is -2.16. The SMILES string of the molecule is COCC1CCCN(S(=O)(=O)c2cc(F)ccc2N)C1. The van der Waals surface area contributed by atoms with Crippen molar-refractivity contribution < 1.29 is 17.5 Å². The van der Waals surface area contributed by atoms with Crippen molar-refractivity contribution in [3.05, 3.63) is 24.0 Å². The molecule has 1 unspecified atom stereocenters. The minimum atomic E-state index is -3.75. The number of methoxy groups -OCH3 is 1. The Balaban J connectivity index is 2.27. The number of piperidine rings is 1. The van der Waals surface area contributed by atoms with E-state index in [2.05, 4.69) is 0 Å². The maximum atomic E-state index is 13.3. The number of hydrogen-bond donors (Lipinski definition) is 1. The fourth-order valence-corrected chi connectivity index (χ4v) is 4.17. The Kier molecular flexibility index (Phi) is 4.62. The van der Waals surface area contributed by atoms with Crippen LogP contribution in [0.3, 0.4) is 0 Å². The van der Waals surface area contributed by atoms with Crippen LogP contribution >= 0.6 is 0 Å². The topological polar surface area (TPSA) is 72.6 Å². The number of ether oxygens (including phenoxy) is 1. The van der Waals surface area contributed by atoms with Crippen LogP contribution < -0.4 is 5.73 Å². The van der Waals surface area contributed by atoms with Gasteiger partial charge in [0, 0.05) is 20.2 Å². The van der Waals surface area contributed by atoms with Crippen LogP contribution in [0, 0.1) is 11.7 Å². The molecule has 1 saturated heterocycles. The molecule has 1 fully saturated rings. The van der Waals surface area contributed by atoms with Crippen LogP contribution in [0.1, 0.15) is 12.8 Å². The van der Waals surface area contributed by atoms with Crippen molar-refractivity contribution in [2.45, 2.75) is 17.7 Å². The van der Waals surface area contributed by atoms with E-state index in [4.69, 9.17) is 10.5 Å². The molecule has 0 aromatic heterocycles. The van der Waals surface area contributed by atoms with Crippen LogP contribution in [0.25, 0.3) is 0 Å². The van der Waals surface area contributed by atoms with Crippen molar-refractivity contribution in [3.8, 4) is 0 Å². The van der Waals surface area contributed by atoms with Gasteiger partial charge in [-0.05, 0) is 37.0 Å². The molecule has 0 bridgehead atoms. The van der Waals surface area contributed by atoms with Crippen molar-refractivity contribution in [1.29, 1.82) is 0 Å². The van der Waals surface area contributed by atoms with Crippen molar-refractivity contribution >= 4 is 15.7 Å². The fraction of sp³-hybridized carbons (Fsp3) is 0.538. The molecule has 1 atom stereocenters. The number of nitrogens with two attached hydrogens (primary N) is 1. The second-order valence-corrected chi connectivity index (χ2v) is 6.92. The molecule has 20 heavy (non-hydrogen) atoms. The molecular weight excluding hydrogens is 283 g/mol. The standard InChI is InChI=1S/C13H19FN2O3S/c1-19-9-10-3-2-6-16(8-10)20(17,18)13-7-11(14)4-5-12(13)15/h4-5,7,10H,2-3,6,8-9,15H2,1H3. The van der Waals surface area contributed by atoms with E-state index in [-0.39, 0.29) is 16.5 Å². The molecule has 2 N–H and O–H groups in total. The number of rotatable bonds is 4. The molecular formula is C13H19FN2O3S. The third-order valence-electron chi connectivity index (χ3n) is 3.48. The predicted molar refractivity (Wildman–Crippen MR) is 74.2 cm³/mol. The molecule has 0 radical (unpaired) electrons. The van der Waals surface area contributed by atoms with E-state index in [9.17, 15) is 12.8 Å². The minimum absolute atomic E-state index is 0.0697. The van der Waals surface area contributed by atoms with Crippen LogP contribution in [-0.2, 0) is 14.8 Å². The smallest absolute Gasteiger partial charge is 0.245 e. The molecule has 1 heterocycles. The second kappa shape index (κ2) is 6.07. The van der Waals surface area contributed by atoms with Crippen LogP contribution in [0.2, 0.25) is 0 Å². The van der Waals surface area contributed by atoms with Crippen molar-refractivity contribution in [1.82, 2.24) is 4.31 Å². The number of nitrogen functional groups attached to an aromatic ring is 1. The highest BCUT2D eigenvalue weighted by Gasteiger charge is 2.31. The molecule has 1 aliphatic heterocycles. The van der Waals surface area contributed by atoms with Gasteiger partial charge in [-0.25, -0.2) is 12.8 Å². The molecule has 0 saturated carbocycles. The highest BCUT2D eigenvalue weighted by molar-refractivity contribution is 7.89. The molecule has 1 aromatic rings. The summed E-state index contributed by atoms with van der Waals surface area (Å²) in [6.07, 6.45) is 1.70. The molecule has 112 valence electrons. The first-order chi connectivity index (χ1) is 9.45. The van der Waals surface area contributed by atoms with Crippen LogP contribution in [0.5, 0.6) is 0 Å². The minimum Gasteiger partial charge on any atom is -0.398 e. The summed E-state index contributed by atoms with van der Waals surface area (Å²) in [4.78, 5) is -0.157. The summed E-state index contributed by atoms with van der Waals surface area (Å²) in [6, 6.07) is 3.40. The number of hydrogen-bond acceptors (Lipinski definition) is 4. The quantitative estimate of drug-likeness (QED) is 0.855. The molecule has 0 spiro atoms. The summed E-state index contributed by atoms with van der Waals surface area (Å²) < 4.78 is 44.8. The zero-order valence-corrected chi connectivity index (χ0v) is 12.2. The Hall–Kier alpha value is -1.18. The Morgan fingerprint density at radius 3 is 2.95 bits per heavy atom. The number of halogens is 1. The average Bonchev–Trinajstić information content (AvgIpc) is 2.42. The molecule has 1 aliphatic rings. The summed E-state index contributed by atoms with van der Waals surface area (Å²) in [5.74, 6) is -0.443. The van der Waals surface area contributed by atoms with Gasteiger partial charge < -0.3 is 10.5 Å². The van der Waals surface area contributed by atoms with E-state index in [1.165, 1.54) is 10.4 Å². The van der Waals surface area contributed by atoms with Gasteiger partial charge in [-0.15, -0.1) is 0 Å². The number of benzene rings is 1. The lowest BCUT2D eigenvalue weighted by molar-refractivity contribution is 0.118. The van der Waals surface area contributed by atoms with Crippen molar-refractivity contribution in [2.24, 2.45) is 5.92 Å². The predicted octanol–water partition coefficient (Wildman–Crippen LogP) is 1.46. The lowest BCUT2D eigenvalue weighted by Crippen LogP contribution is -2.41. The molecule has 2 rings (SSSR count). The third kappa shape index (κ3) is 3.11. The Morgan fingerprint density at radius 2 is 2.25 bits per heavy atom. The van der Waals surface area contributed by atoms with Gasteiger partial charge >= 0.3 is 0 Å². The first-order valence-corrected chi connectivity index (χ1v) is 7.93. The largest absolute Gasteiger partial charge is 0.398 e. The zero-order valence-electron chi connectivity index (χ0n) is 11.4. The van der Waals surface area contributed by atoms with E-state index >= 15 is 0 Å². The van der Waals surface area contributed by atoms with Gasteiger partial charge in [0.15, 0.2) is 0 Å². The van der Waals surface area contributed by atoms with E-state index in [1.807, 2.05) is 0 Å². The molecule has 1 aromatic carbocycles. The Bertz CT molecular complexity index is 575. The Morgan fingerprint density at radius 1 is 1.50 bits per heavy atom. The van der Waals surface area contributed by atoms with E-state index in [1.54, 1.807) is 7.11 Å². The number of sulfonamides is 1. The van der Waals surface area contributed by atoms with Gasteiger partial charge in [0.05, 0.1) is 12.3 Å². The van der Waals surface area contributed by atoms with Gasteiger partial charge in [0.2, 0.25) is 10.0 Å². The summed E-state index contributed by atoms with van der Waals surface area (Å²) in [6.45, 7) is 1.33. The monoisotopic (exact) mass is 302 g/mol.